The lowest BCUT2D eigenvalue weighted by molar-refractivity contribution is -0.132. The molecule has 1 fully saturated rings. The molecule has 0 bridgehead atoms. The van der Waals surface area contributed by atoms with Crippen molar-refractivity contribution in [3.05, 3.63) is 29.8 Å². The summed E-state index contributed by atoms with van der Waals surface area (Å²) in [6.45, 7) is 7.68. The van der Waals surface area contributed by atoms with E-state index >= 15 is 0 Å². The van der Waals surface area contributed by atoms with Crippen LogP contribution in [-0.2, 0) is 16.0 Å². The van der Waals surface area contributed by atoms with Gasteiger partial charge in [-0.25, -0.2) is 4.79 Å². The van der Waals surface area contributed by atoms with E-state index in [9.17, 15) is 9.59 Å². The van der Waals surface area contributed by atoms with E-state index in [-0.39, 0.29) is 12.0 Å². The van der Waals surface area contributed by atoms with Gasteiger partial charge in [0.05, 0.1) is 7.11 Å². The molecule has 0 unspecified atom stereocenters. The van der Waals surface area contributed by atoms with Crippen LogP contribution in [0.1, 0.15) is 32.8 Å². The second kappa shape index (κ2) is 8.23. The predicted molar refractivity (Wildman–Crippen MR) is 95.7 cm³/mol. The quantitative estimate of drug-likeness (QED) is 0.839. The highest BCUT2D eigenvalue weighted by atomic mass is 16.6. The minimum absolute atomic E-state index is 0.117. The number of hydrogen-bond donors (Lipinski definition) is 0. The molecule has 1 aliphatic rings. The van der Waals surface area contributed by atoms with Crippen LogP contribution >= 0.6 is 0 Å². The number of carbonyl (C=O) groups is 2. The summed E-state index contributed by atoms with van der Waals surface area (Å²) in [7, 11) is 1.63. The van der Waals surface area contributed by atoms with Gasteiger partial charge in [0.2, 0.25) is 5.91 Å². The summed E-state index contributed by atoms with van der Waals surface area (Å²) in [4.78, 5) is 27.9. The lowest BCUT2D eigenvalue weighted by Gasteiger charge is -2.35. The van der Waals surface area contributed by atoms with Gasteiger partial charge in [-0.3, -0.25) is 4.79 Å². The van der Waals surface area contributed by atoms with Crippen molar-refractivity contribution < 1.29 is 19.1 Å². The van der Waals surface area contributed by atoms with E-state index in [0.717, 1.165) is 11.3 Å². The molecule has 0 aromatic heterocycles. The maximum absolute atomic E-state index is 12.4. The molecule has 1 aliphatic heterocycles. The number of methoxy groups -OCH3 is 1. The average Bonchev–Trinajstić information content (AvgIpc) is 2.58. The summed E-state index contributed by atoms with van der Waals surface area (Å²) in [5, 5.41) is 0. The second-order valence-electron chi connectivity index (χ2n) is 7.20. The van der Waals surface area contributed by atoms with Crippen LogP contribution in [0.2, 0.25) is 0 Å². The smallest absolute Gasteiger partial charge is 0.410 e. The minimum atomic E-state index is -0.499. The molecule has 0 atom stereocenters. The van der Waals surface area contributed by atoms with Crippen molar-refractivity contribution in [1.29, 1.82) is 0 Å². The number of carbonyl (C=O) groups excluding carboxylic acids is 2. The van der Waals surface area contributed by atoms with Gasteiger partial charge in [0.15, 0.2) is 0 Å². The van der Waals surface area contributed by atoms with Crippen LogP contribution in [0.5, 0.6) is 5.75 Å². The molecule has 6 heteroatoms. The Labute approximate surface area is 149 Å². The van der Waals surface area contributed by atoms with Gasteiger partial charge in [-0.2, -0.15) is 0 Å². The Morgan fingerprint density at radius 1 is 1.08 bits per heavy atom. The number of benzene rings is 1. The molecule has 0 spiro atoms. The SMILES string of the molecule is COc1cccc(CCC(=O)N2CCN(C(=O)OC(C)(C)C)CC2)c1. The van der Waals surface area contributed by atoms with Crippen molar-refractivity contribution in [3.63, 3.8) is 0 Å². The van der Waals surface area contributed by atoms with Crippen molar-refractivity contribution in [1.82, 2.24) is 9.80 Å². The third-order valence-electron chi connectivity index (χ3n) is 4.05. The molecule has 138 valence electrons. The maximum atomic E-state index is 12.4. The van der Waals surface area contributed by atoms with Gasteiger partial charge in [-0.05, 0) is 44.9 Å². The zero-order valence-electron chi connectivity index (χ0n) is 15.6. The van der Waals surface area contributed by atoms with E-state index < -0.39 is 5.60 Å². The normalized spacial score (nSPS) is 15.0. The highest BCUT2D eigenvalue weighted by Crippen LogP contribution is 2.15. The topological polar surface area (TPSA) is 59.1 Å². The molecule has 1 aromatic carbocycles. The summed E-state index contributed by atoms with van der Waals surface area (Å²) in [5.74, 6) is 0.919. The summed E-state index contributed by atoms with van der Waals surface area (Å²) in [6.07, 6.45) is 0.832. The van der Waals surface area contributed by atoms with Crippen LogP contribution in [0.3, 0.4) is 0 Å². The number of aryl methyl sites for hydroxylation is 1. The van der Waals surface area contributed by atoms with E-state index in [1.54, 1.807) is 12.0 Å². The van der Waals surface area contributed by atoms with Gasteiger partial charge < -0.3 is 19.3 Å². The Hall–Kier alpha value is -2.24. The van der Waals surface area contributed by atoms with Gasteiger partial charge >= 0.3 is 6.09 Å². The van der Waals surface area contributed by atoms with Crippen molar-refractivity contribution >= 4 is 12.0 Å². The second-order valence-corrected chi connectivity index (χ2v) is 7.20. The van der Waals surface area contributed by atoms with E-state index in [1.165, 1.54) is 0 Å². The first-order valence-electron chi connectivity index (χ1n) is 8.67. The summed E-state index contributed by atoms with van der Waals surface area (Å²) in [5.41, 5.74) is 0.584. The number of piperazine rings is 1. The fourth-order valence-corrected chi connectivity index (χ4v) is 2.70. The lowest BCUT2D eigenvalue weighted by atomic mass is 10.1. The molecule has 25 heavy (non-hydrogen) atoms. The first kappa shape index (κ1) is 19.1. The Morgan fingerprint density at radius 3 is 2.32 bits per heavy atom. The number of rotatable bonds is 4. The average molecular weight is 348 g/mol. The predicted octanol–water partition coefficient (Wildman–Crippen LogP) is 2.71. The molecule has 1 saturated heterocycles. The van der Waals surface area contributed by atoms with Crippen LogP contribution in [0.25, 0.3) is 0 Å². The zero-order valence-corrected chi connectivity index (χ0v) is 15.6. The molecule has 6 nitrogen and oxygen atoms in total. The molecule has 1 heterocycles. The number of hydrogen-bond acceptors (Lipinski definition) is 4. The molecule has 0 saturated carbocycles. The molecule has 1 aromatic rings. The van der Waals surface area contributed by atoms with Crippen LogP contribution in [0.15, 0.2) is 24.3 Å². The Kier molecular flexibility index (Phi) is 6.28. The summed E-state index contributed by atoms with van der Waals surface area (Å²) in [6, 6.07) is 7.77. The number of amides is 2. The molecule has 0 aliphatic carbocycles. The largest absolute Gasteiger partial charge is 0.497 e. The van der Waals surface area contributed by atoms with Crippen LogP contribution in [-0.4, -0.2) is 60.7 Å². The van der Waals surface area contributed by atoms with Crippen LogP contribution in [0, 0.1) is 0 Å². The van der Waals surface area contributed by atoms with Gasteiger partial charge in [0, 0.05) is 32.6 Å². The van der Waals surface area contributed by atoms with E-state index in [4.69, 9.17) is 9.47 Å². The van der Waals surface area contributed by atoms with Crippen LogP contribution < -0.4 is 4.74 Å². The number of ether oxygens (including phenoxy) is 2. The summed E-state index contributed by atoms with van der Waals surface area (Å²) >= 11 is 0. The van der Waals surface area contributed by atoms with Crippen molar-refractivity contribution in [2.75, 3.05) is 33.3 Å². The molecule has 2 rings (SSSR count). The highest BCUT2D eigenvalue weighted by Gasteiger charge is 2.27. The molecule has 2 amide bonds. The summed E-state index contributed by atoms with van der Waals surface area (Å²) < 4.78 is 10.6. The minimum Gasteiger partial charge on any atom is -0.497 e. The van der Waals surface area contributed by atoms with Gasteiger partial charge in [0.25, 0.3) is 0 Å². The van der Waals surface area contributed by atoms with Crippen molar-refractivity contribution in [2.24, 2.45) is 0 Å². The molecular weight excluding hydrogens is 320 g/mol. The third kappa shape index (κ3) is 5.96. The third-order valence-corrected chi connectivity index (χ3v) is 4.05. The Bertz CT molecular complexity index is 602. The molecule has 0 radical (unpaired) electrons. The fourth-order valence-electron chi connectivity index (χ4n) is 2.70. The van der Waals surface area contributed by atoms with E-state index in [1.807, 2.05) is 49.9 Å². The van der Waals surface area contributed by atoms with Gasteiger partial charge in [-0.15, -0.1) is 0 Å². The van der Waals surface area contributed by atoms with Crippen molar-refractivity contribution in [3.8, 4) is 5.75 Å². The maximum Gasteiger partial charge on any atom is 0.410 e. The lowest BCUT2D eigenvalue weighted by Crippen LogP contribution is -2.51. The molecule has 0 N–H and O–H groups in total. The monoisotopic (exact) mass is 348 g/mol. The van der Waals surface area contributed by atoms with Gasteiger partial charge in [0.1, 0.15) is 11.4 Å². The first-order valence-corrected chi connectivity index (χ1v) is 8.67. The van der Waals surface area contributed by atoms with E-state index in [0.29, 0.717) is 39.0 Å². The number of nitrogens with zero attached hydrogens (tertiary/aromatic N) is 2. The highest BCUT2D eigenvalue weighted by molar-refractivity contribution is 5.77. The van der Waals surface area contributed by atoms with E-state index in [2.05, 4.69) is 0 Å². The fraction of sp³-hybridized carbons (Fsp3) is 0.579. The zero-order chi connectivity index (χ0) is 18.4. The Balaban J connectivity index is 1.78. The standard InChI is InChI=1S/C19H28N2O4/c1-19(2,3)25-18(23)21-12-10-20(11-13-21)17(22)9-8-15-6-5-7-16(14-15)24-4/h5-7,14H,8-13H2,1-4H3. The Morgan fingerprint density at radius 2 is 1.72 bits per heavy atom. The van der Waals surface area contributed by atoms with Crippen LogP contribution in [0.4, 0.5) is 4.79 Å². The van der Waals surface area contributed by atoms with Crippen molar-refractivity contribution in [2.45, 2.75) is 39.2 Å². The first-order chi connectivity index (χ1) is 11.8. The molecular formula is C19H28N2O4. The van der Waals surface area contributed by atoms with Gasteiger partial charge in [-0.1, -0.05) is 12.1 Å².